The van der Waals surface area contributed by atoms with Crippen LogP contribution in [0.15, 0.2) is 48.5 Å². The zero-order chi connectivity index (χ0) is 17.2. The highest BCUT2D eigenvalue weighted by atomic mass is 35.5. The maximum absolute atomic E-state index is 11.9. The van der Waals surface area contributed by atoms with Gasteiger partial charge in [-0.05, 0) is 48.5 Å². The highest BCUT2D eigenvalue weighted by molar-refractivity contribution is 5.90. The first kappa shape index (κ1) is 20.6. The number of nitrogens with one attached hydrogen (secondary N) is 1. The Morgan fingerprint density at radius 3 is 2.00 bits per heavy atom. The Hall–Kier alpha value is -2.44. The molecule has 7 heteroatoms. The molecule has 25 heavy (non-hydrogen) atoms. The number of ether oxygens (including phenoxy) is 3. The van der Waals surface area contributed by atoms with E-state index in [2.05, 4.69) is 5.32 Å². The summed E-state index contributed by atoms with van der Waals surface area (Å²) >= 11 is 0. The van der Waals surface area contributed by atoms with Gasteiger partial charge in [-0.3, -0.25) is 4.79 Å². The summed E-state index contributed by atoms with van der Waals surface area (Å²) in [6, 6.07) is 14.4. The van der Waals surface area contributed by atoms with Crippen molar-refractivity contribution in [2.24, 2.45) is 5.73 Å². The number of carbonyl (C=O) groups excluding carboxylic acids is 1. The predicted molar refractivity (Wildman–Crippen MR) is 100.0 cm³/mol. The molecule has 2 rings (SSSR count). The molecule has 1 amide bonds. The van der Waals surface area contributed by atoms with Gasteiger partial charge in [0.1, 0.15) is 23.9 Å². The number of benzene rings is 2. The van der Waals surface area contributed by atoms with Crippen molar-refractivity contribution < 1.29 is 19.0 Å². The minimum Gasteiger partial charge on any atom is -0.497 e. The number of methoxy groups -OCH3 is 1. The lowest BCUT2D eigenvalue weighted by atomic mass is 10.3. The number of amides is 1. The van der Waals surface area contributed by atoms with Gasteiger partial charge in [-0.2, -0.15) is 0 Å². The van der Waals surface area contributed by atoms with Crippen molar-refractivity contribution in [2.45, 2.75) is 6.42 Å². The van der Waals surface area contributed by atoms with Gasteiger partial charge >= 0.3 is 0 Å². The van der Waals surface area contributed by atoms with Crippen LogP contribution >= 0.6 is 12.4 Å². The van der Waals surface area contributed by atoms with Crippen LogP contribution in [0, 0.1) is 0 Å². The molecule has 0 radical (unpaired) electrons. The van der Waals surface area contributed by atoms with Crippen molar-refractivity contribution in [1.82, 2.24) is 0 Å². The molecule has 0 atom stereocenters. The Morgan fingerprint density at radius 2 is 1.44 bits per heavy atom. The Kier molecular flexibility index (Phi) is 9.21. The Balaban J connectivity index is 0.00000312. The van der Waals surface area contributed by atoms with Crippen LogP contribution in [0.1, 0.15) is 6.42 Å². The molecule has 0 aliphatic carbocycles. The van der Waals surface area contributed by atoms with Crippen molar-refractivity contribution in [3.05, 3.63) is 48.5 Å². The third-order valence-electron chi connectivity index (χ3n) is 3.18. The summed E-state index contributed by atoms with van der Waals surface area (Å²) in [6.07, 6.45) is 0.261. The lowest BCUT2D eigenvalue weighted by molar-refractivity contribution is -0.116. The predicted octanol–water partition coefficient (Wildman–Crippen LogP) is 2.86. The number of rotatable bonds is 9. The average molecular weight is 367 g/mol. The minimum atomic E-state index is -0.112. The van der Waals surface area contributed by atoms with E-state index in [1.54, 1.807) is 43.5 Å². The molecule has 0 bridgehead atoms. The second-order valence-electron chi connectivity index (χ2n) is 4.98. The van der Waals surface area contributed by atoms with Crippen molar-refractivity contribution in [3.63, 3.8) is 0 Å². The third-order valence-corrected chi connectivity index (χ3v) is 3.18. The maximum Gasteiger partial charge on any atom is 0.227 e. The van der Waals surface area contributed by atoms with E-state index in [4.69, 9.17) is 19.9 Å². The molecule has 2 aromatic carbocycles. The summed E-state index contributed by atoms with van der Waals surface area (Å²) < 4.78 is 16.0. The molecule has 0 spiro atoms. The van der Waals surface area contributed by atoms with Gasteiger partial charge in [0.15, 0.2) is 0 Å². The van der Waals surface area contributed by atoms with Crippen LogP contribution in [-0.4, -0.2) is 32.8 Å². The summed E-state index contributed by atoms with van der Waals surface area (Å²) in [7, 11) is 1.61. The fourth-order valence-corrected chi connectivity index (χ4v) is 1.97. The molecule has 0 saturated carbocycles. The van der Waals surface area contributed by atoms with E-state index < -0.39 is 0 Å². The van der Waals surface area contributed by atoms with E-state index in [0.29, 0.717) is 31.2 Å². The molecule has 2 aromatic rings. The summed E-state index contributed by atoms with van der Waals surface area (Å²) in [4.78, 5) is 11.9. The lowest BCUT2D eigenvalue weighted by Crippen LogP contribution is -2.15. The van der Waals surface area contributed by atoms with Gasteiger partial charge in [0, 0.05) is 12.2 Å². The summed E-state index contributed by atoms with van der Waals surface area (Å²) in [5, 5.41) is 2.81. The topological polar surface area (TPSA) is 82.8 Å². The quantitative estimate of drug-likeness (QED) is 0.713. The molecule has 0 unspecified atom stereocenters. The van der Waals surface area contributed by atoms with Crippen LogP contribution in [-0.2, 0) is 4.79 Å². The number of nitrogens with two attached hydrogens (primary N) is 1. The van der Waals surface area contributed by atoms with Gasteiger partial charge in [-0.15, -0.1) is 12.4 Å². The zero-order valence-corrected chi connectivity index (χ0v) is 14.9. The van der Waals surface area contributed by atoms with Gasteiger partial charge in [-0.1, -0.05) is 0 Å². The Labute approximate surface area is 153 Å². The third kappa shape index (κ3) is 7.32. The SMILES string of the molecule is COc1ccc(OCCC(=O)Nc2ccc(OCCN)cc2)cc1.Cl. The fraction of sp³-hybridized carbons (Fsp3) is 0.278. The molecule has 0 saturated heterocycles. The molecule has 0 aliphatic heterocycles. The summed E-state index contributed by atoms with van der Waals surface area (Å²) in [5.41, 5.74) is 6.09. The number of anilines is 1. The lowest BCUT2D eigenvalue weighted by Gasteiger charge is -2.09. The van der Waals surface area contributed by atoms with Crippen molar-refractivity contribution in [2.75, 3.05) is 32.2 Å². The van der Waals surface area contributed by atoms with E-state index in [1.165, 1.54) is 0 Å². The highest BCUT2D eigenvalue weighted by Crippen LogP contribution is 2.18. The van der Waals surface area contributed by atoms with Crippen LogP contribution < -0.4 is 25.3 Å². The number of halogens is 1. The second kappa shape index (κ2) is 11.2. The van der Waals surface area contributed by atoms with Crippen LogP contribution in [0.2, 0.25) is 0 Å². The molecular weight excluding hydrogens is 344 g/mol. The van der Waals surface area contributed by atoms with Crippen molar-refractivity contribution in [3.8, 4) is 17.2 Å². The fourth-order valence-electron chi connectivity index (χ4n) is 1.97. The van der Waals surface area contributed by atoms with Gasteiger partial charge in [0.25, 0.3) is 0 Å². The number of hydrogen-bond acceptors (Lipinski definition) is 5. The smallest absolute Gasteiger partial charge is 0.227 e. The maximum atomic E-state index is 11.9. The summed E-state index contributed by atoms with van der Waals surface area (Å²) in [5.74, 6) is 2.07. The molecule has 0 aliphatic rings. The first-order chi connectivity index (χ1) is 11.7. The van der Waals surface area contributed by atoms with Crippen molar-refractivity contribution >= 4 is 24.0 Å². The van der Waals surface area contributed by atoms with Crippen LogP contribution in [0.5, 0.6) is 17.2 Å². The largest absolute Gasteiger partial charge is 0.497 e. The Bertz CT molecular complexity index is 633. The van der Waals surface area contributed by atoms with E-state index in [1.807, 2.05) is 12.1 Å². The molecule has 0 heterocycles. The van der Waals surface area contributed by atoms with Gasteiger partial charge in [0.2, 0.25) is 5.91 Å². The first-order valence-electron chi connectivity index (χ1n) is 7.71. The normalized spacial score (nSPS) is 9.68. The standard InChI is InChI=1S/C18H22N2O4.ClH/c1-22-15-6-8-17(9-7-15)23-12-10-18(21)20-14-2-4-16(5-3-14)24-13-11-19;/h2-9H,10-13,19H2,1H3,(H,20,21);1H. The average Bonchev–Trinajstić information content (AvgIpc) is 2.62. The monoisotopic (exact) mass is 366 g/mol. The minimum absolute atomic E-state index is 0. The van der Waals surface area contributed by atoms with Gasteiger partial charge in [0.05, 0.1) is 20.1 Å². The molecule has 6 nitrogen and oxygen atoms in total. The zero-order valence-electron chi connectivity index (χ0n) is 14.1. The molecule has 136 valence electrons. The van der Waals surface area contributed by atoms with E-state index in [9.17, 15) is 4.79 Å². The van der Waals surface area contributed by atoms with E-state index >= 15 is 0 Å². The Morgan fingerprint density at radius 1 is 0.920 bits per heavy atom. The van der Waals surface area contributed by atoms with E-state index in [-0.39, 0.29) is 24.7 Å². The molecule has 3 N–H and O–H groups in total. The molecule has 0 fully saturated rings. The van der Waals surface area contributed by atoms with Crippen molar-refractivity contribution in [1.29, 1.82) is 0 Å². The van der Waals surface area contributed by atoms with Gasteiger partial charge in [-0.25, -0.2) is 0 Å². The molecule has 0 aromatic heterocycles. The number of hydrogen-bond donors (Lipinski definition) is 2. The first-order valence-corrected chi connectivity index (χ1v) is 7.71. The second-order valence-corrected chi connectivity index (χ2v) is 4.98. The van der Waals surface area contributed by atoms with Gasteiger partial charge < -0.3 is 25.3 Å². The number of carbonyl (C=O) groups is 1. The highest BCUT2D eigenvalue weighted by Gasteiger charge is 2.04. The van der Waals surface area contributed by atoms with E-state index in [0.717, 1.165) is 11.5 Å². The van der Waals surface area contributed by atoms with Crippen LogP contribution in [0.25, 0.3) is 0 Å². The molecular formula is C18H23ClN2O4. The summed E-state index contributed by atoms with van der Waals surface area (Å²) in [6.45, 7) is 1.23. The van der Waals surface area contributed by atoms with Crippen LogP contribution in [0.4, 0.5) is 5.69 Å². The van der Waals surface area contributed by atoms with Crippen LogP contribution in [0.3, 0.4) is 0 Å².